The molecular weight excluding hydrogens is 258 g/mol. The van der Waals surface area contributed by atoms with Gasteiger partial charge in [-0.1, -0.05) is 11.8 Å². The summed E-state index contributed by atoms with van der Waals surface area (Å²) in [5.41, 5.74) is 0.948. The van der Waals surface area contributed by atoms with E-state index in [2.05, 4.69) is 27.4 Å². The predicted octanol–water partition coefficient (Wildman–Crippen LogP) is 3.25. The first-order valence-electron chi connectivity index (χ1n) is 6.86. The van der Waals surface area contributed by atoms with Crippen LogP contribution in [0.2, 0.25) is 0 Å². The molecule has 1 saturated carbocycles. The van der Waals surface area contributed by atoms with E-state index in [-0.39, 0.29) is 0 Å². The van der Waals surface area contributed by atoms with Crippen molar-refractivity contribution >= 4 is 17.4 Å². The Kier molecular flexibility index (Phi) is 5.47. The molecule has 0 spiro atoms. The second-order valence-electron chi connectivity index (χ2n) is 5.11. The molecule has 0 atom stereocenters. The molecule has 1 N–H and O–H groups in total. The highest BCUT2D eigenvalue weighted by Gasteiger charge is 2.19. The van der Waals surface area contributed by atoms with Gasteiger partial charge in [-0.3, -0.25) is 0 Å². The number of anilines is 1. The van der Waals surface area contributed by atoms with Crippen molar-refractivity contribution in [3.8, 4) is 11.8 Å². The van der Waals surface area contributed by atoms with Crippen LogP contribution < -0.4 is 5.32 Å². The van der Waals surface area contributed by atoms with Crippen LogP contribution in [0.1, 0.15) is 31.4 Å². The summed E-state index contributed by atoms with van der Waals surface area (Å²) in [6.45, 7) is 2.92. The number of halogens is 1. The average molecular weight is 278 g/mol. The van der Waals surface area contributed by atoms with Crippen molar-refractivity contribution in [3.63, 3.8) is 0 Å². The molecule has 0 aliphatic heterocycles. The first-order valence-corrected chi connectivity index (χ1v) is 7.40. The number of aromatic nitrogens is 2. The van der Waals surface area contributed by atoms with E-state index in [0.717, 1.165) is 24.0 Å². The van der Waals surface area contributed by atoms with Gasteiger partial charge in [0.2, 0.25) is 0 Å². The zero-order chi connectivity index (χ0) is 13.5. The Hall–Kier alpha value is -1.27. The molecule has 102 valence electrons. The fourth-order valence-electron chi connectivity index (χ4n) is 2.44. The van der Waals surface area contributed by atoms with Crippen molar-refractivity contribution in [2.45, 2.75) is 32.6 Å². The average Bonchev–Trinajstić information content (AvgIpc) is 2.46. The summed E-state index contributed by atoms with van der Waals surface area (Å²) in [6, 6.07) is 3.97. The Morgan fingerprint density at radius 3 is 2.68 bits per heavy atom. The van der Waals surface area contributed by atoms with E-state index in [1.165, 1.54) is 25.7 Å². The number of hydrogen-bond acceptors (Lipinski definition) is 3. The molecular formula is C15H20ClN3. The lowest BCUT2D eigenvalue weighted by atomic mass is 9.82. The van der Waals surface area contributed by atoms with E-state index in [1.807, 2.05) is 19.1 Å². The smallest absolute Gasteiger partial charge is 0.148 e. The molecule has 1 aliphatic rings. The van der Waals surface area contributed by atoms with Crippen LogP contribution in [0.25, 0.3) is 0 Å². The Labute approximate surface area is 120 Å². The van der Waals surface area contributed by atoms with Crippen molar-refractivity contribution in [2.75, 3.05) is 17.7 Å². The minimum atomic E-state index is 0.452. The highest BCUT2D eigenvalue weighted by Crippen LogP contribution is 2.28. The molecule has 0 unspecified atom stereocenters. The van der Waals surface area contributed by atoms with Crippen LogP contribution in [-0.4, -0.2) is 22.6 Å². The van der Waals surface area contributed by atoms with Gasteiger partial charge in [-0.15, -0.1) is 16.7 Å². The largest absolute Gasteiger partial charge is 0.368 e. The Morgan fingerprint density at radius 2 is 2.05 bits per heavy atom. The number of nitrogens with one attached hydrogen (secondary N) is 1. The Balaban J connectivity index is 1.72. The lowest BCUT2D eigenvalue weighted by Crippen LogP contribution is -2.21. The number of aryl methyl sites for hydroxylation is 1. The number of nitrogens with zero attached hydrogens (tertiary/aromatic N) is 2. The molecule has 1 heterocycles. The van der Waals surface area contributed by atoms with Gasteiger partial charge >= 0.3 is 0 Å². The Morgan fingerprint density at radius 1 is 1.26 bits per heavy atom. The van der Waals surface area contributed by atoms with Crippen molar-refractivity contribution in [2.24, 2.45) is 11.8 Å². The van der Waals surface area contributed by atoms with Gasteiger partial charge in [0.25, 0.3) is 0 Å². The van der Waals surface area contributed by atoms with Gasteiger partial charge in [-0.2, -0.15) is 5.10 Å². The van der Waals surface area contributed by atoms with Crippen LogP contribution in [-0.2, 0) is 0 Å². The third-order valence-corrected chi connectivity index (χ3v) is 3.72. The van der Waals surface area contributed by atoms with E-state index in [9.17, 15) is 0 Å². The third-order valence-electron chi connectivity index (χ3n) is 3.59. The lowest BCUT2D eigenvalue weighted by Gasteiger charge is -2.25. The van der Waals surface area contributed by atoms with Crippen LogP contribution in [0.4, 0.5) is 5.82 Å². The molecule has 4 heteroatoms. The second-order valence-corrected chi connectivity index (χ2v) is 5.38. The van der Waals surface area contributed by atoms with Crippen LogP contribution in [0.5, 0.6) is 0 Å². The maximum absolute atomic E-state index is 5.58. The van der Waals surface area contributed by atoms with Crippen molar-refractivity contribution < 1.29 is 0 Å². The summed E-state index contributed by atoms with van der Waals surface area (Å²) in [5, 5.41) is 11.5. The quantitative estimate of drug-likeness (QED) is 0.681. The molecule has 3 nitrogen and oxygen atoms in total. The highest BCUT2D eigenvalue weighted by molar-refractivity contribution is 6.19. The van der Waals surface area contributed by atoms with Crippen LogP contribution in [0.3, 0.4) is 0 Å². The summed E-state index contributed by atoms with van der Waals surface area (Å²) >= 11 is 5.58. The molecule has 1 fully saturated rings. The second kappa shape index (κ2) is 7.35. The standard InChI is InChI=1S/C15H20ClN3/c1-12-4-9-15(19-18-12)17-11-14-7-5-13(6-8-14)3-2-10-16/h4,9,13-14H,5-8,10-11H2,1H3,(H,17,19). The lowest BCUT2D eigenvalue weighted by molar-refractivity contribution is 0.328. The molecule has 1 aromatic heterocycles. The van der Waals surface area contributed by atoms with Crippen molar-refractivity contribution in [1.29, 1.82) is 0 Å². The summed E-state index contributed by atoms with van der Waals surface area (Å²) in [4.78, 5) is 0. The molecule has 19 heavy (non-hydrogen) atoms. The Bertz CT molecular complexity index is 439. The van der Waals surface area contributed by atoms with Gasteiger partial charge in [0.15, 0.2) is 0 Å². The molecule has 0 amide bonds. The number of rotatable bonds is 3. The van der Waals surface area contributed by atoms with Gasteiger partial charge in [0.05, 0.1) is 11.6 Å². The van der Waals surface area contributed by atoms with E-state index in [4.69, 9.17) is 11.6 Å². The maximum Gasteiger partial charge on any atom is 0.148 e. The molecule has 0 bridgehead atoms. The summed E-state index contributed by atoms with van der Waals surface area (Å²) in [5.74, 6) is 8.82. The van der Waals surface area contributed by atoms with Gasteiger partial charge in [0, 0.05) is 12.5 Å². The first kappa shape index (κ1) is 14.1. The minimum Gasteiger partial charge on any atom is -0.368 e. The predicted molar refractivity (Wildman–Crippen MR) is 79.2 cm³/mol. The van der Waals surface area contributed by atoms with E-state index in [0.29, 0.717) is 11.8 Å². The third kappa shape index (κ3) is 4.72. The summed E-state index contributed by atoms with van der Waals surface area (Å²) in [7, 11) is 0. The first-order chi connectivity index (χ1) is 9.28. The highest BCUT2D eigenvalue weighted by atomic mass is 35.5. The number of hydrogen-bond donors (Lipinski definition) is 1. The normalized spacial score (nSPS) is 22.4. The van der Waals surface area contributed by atoms with Gasteiger partial charge in [-0.25, -0.2) is 0 Å². The van der Waals surface area contributed by atoms with Gasteiger partial charge < -0.3 is 5.32 Å². The monoisotopic (exact) mass is 277 g/mol. The van der Waals surface area contributed by atoms with Crippen LogP contribution >= 0.6 is 11.6 Å². The van der Waals surface area contributed by atoms with E-state index >= 15 is 0 Å². The molecule has 2 rings (SSSR count). The summed E-state index contributed by atoms with van der Waals surface area (Å²) in [6.07, 6.45) is 4.84. The SMILES string of the molecule is Cc1ccc(NCC2CCC(C#CCCl)CC2)nn1. The molecule has 0 radical (unpaired) electrons. The van der Waals surface area contributed by atoms with Crippen LogP contribution in [0.15, 0.2) is 12.1 Å². The number of alkyl halides is 1. The molecule has 0 saturated heterocycles. The van der Waals surface area contributed by atoms with Crippen molar-refractivity contribution in [3.05, 3.63) is 17.8 Å². The fourth-order valence-corrected chi connectivity index (χ4v) is 2.51. The van der Waals surface area contributed by atoms with E-state index < -0.39 is 0 Å². The zero-order valence-electron chi connectivity index (χ0n) is 11.3. The summed E-state index contributed by atoms with van der Waals surface area (Å²) < 4.78 is 0. The van der Waals surface area contributed by atoms with E-state index in [1.54, 1.807) is 0 Å². The van der Waals surface area contributed by atoms with Crippen LogP contribution in [0, 0.1) is 30.6 Å². The van der Waals surface area contributed by atoms with Crippen molar-refractivity contribution in [1.82, 2.24) is 10.2 Å². The minimum absolute atomic E-state index is 0.452. The molecule has 1 aliphatic carbocycles. The maximum atomic E-state index is 5.58. The fraction of sp³-hybridized carbons (Fsp3) is 0.600. The zero-order valence-corrected chi connectivity index (χ0v) is 12.1. The van der Waals surface area contributed by atoms with Gasteiger partial charge in [-0.05, 0) is 50.7 Å². The van der Waals surface area contributed by atoms with Gasteiger partial charge in [0.1, 0.15) is 5.82 Å². The molecule has 0 aromatic carbocycles. The topological polar surface area (TPSA) is 37.8 Å². The molecule has 1 aromatic rings.